The molecular weight excluding hydrogens is 685 g/mol. The zero-order valence-corrected chi connectivity index (χ0v) is 31.7. The Morgan fingerprint density at radius 1 is 0.464 bits per heavy atom. The maximum Gasteiger partial charge on any atom is 0.167 e. The number of furan rings is 1. The van der Waals surface area contributed by atoms with Gasteiger partial charge in [-0.2, -0.15) is 0 Å². The van der Waals surface area contributed by atoms with Gasteiger partial charge in [0, 0.05) is 49.2 Å². The smallest absolute Gasteiger partial charge is 0.167 e. The van der Waals surface area contributed by atoms with Gasteiger partial charge >= 0.3 is 0 Å². The molecular formula is C51H38N4O. The third-order valence-corrected chi connectivity index (χ3v) is 12.1. The van der Waals surface area contributed by atoms with E-state index in [-0.39, 0.29) is 10.8 Å². The summed E-state index contributed by atoms with van der Waals surface area (Å²) in [7, 11) is 0. The number of nitrogens with zero attached hydrogens (tertiary/aromatic N) is 4. The Bertz CT molecular complexity index is 3130. The topological polar surface area (TPSA) is 56.7 Å². The highest BCUT2D eigenvalue weighted by atomic mass is 16.3. The third kappa shape index (κ3) is 4.64. The Morgan fingerprint density at radius 3 is 1.79 bits per heavy atom. The summed E-state index contributed by atoms with van der Waals surface area (Å²) in [5, 5.41) is 4.64. The van der Waals surface area contributed by atoms with Gasteiger partial charge < -0.3 is 8.98 Å². The van der Waals surface area contributed by atoms with Gasteiger partial charge in [-0.1, -0.05) is 149 Å². The van der Waals surface area contributed by atoms with E-state index in [2.05, 4.69) is 123 Å². The molecule has 11 rings (SSSR count). The van der Waals surface area contributed by atoms with Crippen LogP contribution in [-0.2, 0) is 10.8 Å². The van der Waals surface area contributed by atoms with Gasteiger partial charge in [-0.15, -0.1) is 0 Å². The molecule has 0 atom stereocenters. The molecule has 268 valence electrons. The summed E-state index contributed by atoms with van der Waals surface area (Å²) >= 11 is 0. The largest absolute Gasteiger partial charge is 0.455 e. The SMILES string of the molecule is CC1(C)c2ccccc2C(C)(C)c2c1ccc1c2c2ccccc2n1-c1ccc2oc3c(-c4nc(-c5ccccc5)nc(-c5ccccc5)n4)cccc3c2c1. The number of fused-ring (bicyclic) bond motifs is 9. The number of benzene rings is 7. The standard InChI is InChI=1S/C51H38N4O/c1-50(2)38-23-12-13-24-39(38)51(3,4)45-40(50)27-28-42-44(45)35-20-11-14-25-41(35)55(42)33-26-29-43-37(30-33)34-21-15-22-36(46(34)56-43)49-53-47(31-16-7-5-8-17-31)52-48(54-49)32-18-9-6-10-19-32/h5-30H,1-4H3. The average molecular weight is 723 g/mol. The van der Waals surface area contributed by atoms with Crippen LogP contribution < -0.4 is 0 Å². The average Bonchev–Trinajstić information content (AvgIpc) is 3.79. The molecule has 3 aromatic heterocycles. The first-order valence-electron chi connectivity index (χ1n) is 19.3. The van der Waals surface area contributed by atoms with E-state index in [9.17, 15) is 0 Å². The van der Waals surface area contributed by atoms with Gasteiger partial charge in [0.05, 0.1) is 16.6 Å². The third-order valence-electron chi connectivity index (χ3n) is 12.1. The Morgan fingerprint density at radius 2 is 1.07 bits per heavy atom. The zero-order valence-electron chi connectivity index (χ0n) is 31.7. The molecule has 0 aliphatic heterocycles. The van der Waals surface area contributed by atoms with Gasteiger partial charge in [-0.05, 0) is 58.7 Å². The summed E-state index contributed by atoms with van der Waals surface area (Å²) in [4.78, 5) is 15.0. The quantitative estimate of drug-likeness (QED) is 0.181. The van der Waals surface area contributed by atoms with Crippen LogP contribution in [0.5, 0.6) is 0 Å². The molecule has 5 heteroatoms. The minimum atomic E-state index is -0.188. The van der Waals surface area contributed by atoms with Crippen molar-refractivity contribution in [1.82, 2.24) is 19.5 Å². The maximum atomic E-state index is 6.72. The van der Waals surface area contributed by atoms with E-state index in [0.29, 0.717) is 17.5 Å². The van der Waals surface area contributed by atoms with E-state index < -0.39 is 0 Å². The molecule has 1 aliphatic rings. The Hall–Kier alpha value is -6.85. The number of hydrogen-bond acceptors (Lipinski definition) is 4. The van der Waals surface area contributed by atoms with Crippen molar-refractivity contribution in [2.45, 2.75) is 38.5 Å². The van der Waals surface area contributed by atoms with Crippen LogP contribution in [-0.4, -0.2) is 19.5 Å². The van der Waals surface area contributed by atoms with Gasteiger partial charge in [0.15, 0.2) is 17.5 Å². The normalized spacial score (nSPS) is 14.4. The maximum absolute atomic E-state index is 6.72. The first-order valence-corrected chi connectivity index (χ1v) is 19.3. The molecule has 0 bridgehead atoms. The molecule has 56 heavy (non-hydrogen) atoms. The first-order chi connectivity index (χ1) is 27.3. The van der Waals surface area contributed by atoms with Crippen LogP contribution in [0.25, 0.3) is 83.6 Å². The van der Waals surface area contributed by atoms with Crippen molar-refractivity contribution in [3.05, 3.63) is 180 Å². The fourth-order valence-corrected chi connectivity index (χ4v) is 9.39. The lowest BCUT2D eigenvalue weighted by Crippen LogP contribution is -2.36. The monoisotopic (exact) mass is 722 g/mol. The molecule has 0 spiro atoms. The Labute approximate surface area is 324 Å². The van der Waals surface area contributed by atoms with Crippen molar-refractivity contribution in [3.63, 3.8) is 0 Å². The number of para-hydroxylation sites is 2. The van der Waals surface area contributed by atoms with Gasteiger partial charge in [-0.25, -0.2) is 15.0 Å². The summed E-state index contributed by atoms with van der Waals surface area (Å²) in [5.74, 6) is 1.81. The van der Waals surface area contributed by atoms with E-state index in [0.717, 1.165) is 44.3 Å². The summed E-state index contributed by atoms with van der Waals surface area (Å²) in [6, 6.07) is 55.5. The van der Waals surface area contributed by atoms with Crippen molar-refractivity contribution in [2.24, 2.45) is 0 Å². The van der Waals surface area contributed by atoms with Crippen LogP contribution >= 0.6 is 0 Å². The lowest BCUT2D eigenvalue weighted by Gasteiger charge is -2.44. The van der Waals surface area contributed by atoms with E-state index in [4.69, 9.17) is 19.4 Å². The predicted molar refractivity (Wildman–Crippen MR) is 228 cm³/mol. The molecule has 0 radical (unpaired) electrons. The Balaban J connectivity index is 1.12. The van der Waals surface area contributed by atoms with Crippen LogP contribution in [0.3, 0.4) is 0 Å². The van der Waals surface area contributed by atoms with Gasteiger partial charge in [0.25, 0.3) is 0 Å². The number of hydrogen-bond donors (Lipinski definition) is 0. The summed E-state index contributed by atoms with van der Waals surface area (Å²) in [5.41, 5.74) is 13.0. The second-order valence-corrected chi connectivity index (χ2v) is 16.0. The summed E-state index contributed by atoms with van der Waals surface area (Å²) < 4.78 is 9.16. The van der Waals surface area contributed by atoms with E-state index in [1.165, 1.54) is 44.1 Å². The highest BCUT2D eigenvalue weighted by molar-refractivity contribution is 6.13. The molecule has 10 aromatic rings. The van der Waals surface area contributed by atoms with Gasteiger partial charge in [-0.3, -0.25) is 0 Å². The van der Waals surface area contributed by atoms with Crippen LogP contribution in [0.4, 0.5) is 0 Å². The van der Waals surface area contributed by atoms with Crippen molar-refractivity contribution in [2.75, 3.05) is 0 Å². The fraction of sp³-hybridized carbons (Fsp3) is 0.118. The van der Waals surface area contributed by atoms with Crippen LogP contribution in [0, 0.1) is 0 Å². The van der Waals surface area contributed by atoms with Crippen molar-refractivity contribution in [3.8, 4) is 39.9 Å². The van der Waals surface area contributed by atoms with Gasteiger partial charge in [0.1, 0.15) is 11.2 Å². The predicted octanol–water partition coefficient (Wildman–Crippen LogP) is 12.8. The number of rotatable bonds is 4. The van der Waals surface area contributed by atoms with Gasteiger partial charge in [0.2, 0.25) is 0 Å². The molecule has 0 saturated carbocycles. The minimum Gasteiger partial charge on any atom is -0.455 e. The van der Waals surface area contributed by atoms with E-state index in [1.807, 2.05) is 66.7 Å². The molecule has 0 fully saturated rings. The highest BCUT2D eigenvalue weighted by Crippen LogP contribution is 2.53. The van der Waals surface area contributed by atoms with Crippen LogP contribution in [0.15, 0.2) is 162 Å². The van der Waals surface area contributed by atoms with Crippen molar-refractivity contribution >= 4 is 43.7 Å². The van der Waals surface area contributed by atoms with Crippen molar-refractivity contribution in [1.29, 1.82) is 0 Å². The molecule has 0 saturated heterocycles. The highest BCUT2D eigenvalue weighted by Gasteiger charge is 2.43. The number of aromatic nitrogens is 4. The molecule has 1 aliphatic carbocycles. The fourth-order valence-electron chi connectivity index (χ4n) is 9.39. The zero-order chi connectivity index (χ0) is 37.8. The molecule has 5 nitrogen and oxygen atoms in total. The first kappa shape index (κ1) is 32.6. The van der Waals surface area contributed by atoms with Crippen LogP contribution in [0.2, 0.25) is 0 Å². The molecule has 7 aromatic carbocycles. The van der Waals surface area contributed by atoms with Crippen LogP contribution in [0.1, 0.15) is 49.9 Å². The second kappa shape index (κ2) is 11.8. The second-order valence-electron chi connectivity index (χ2n) is 16.0. The van der Waals surface area contributed by atoms with Crippen molar-refractivity contribution < 1.29 is 4.42 Å². The lowest BCUT2D eigenvalue weighted by atomic mass is 9.59. The summed E-state index contributed by atoms with van der Waals surface area (Å²) in [6.45, 7) is 9.54. The molecule has 0 amide bonds. The molecule has 0 N–H and O–H groups in total. The summed E-state index contributed by atoms with van der Waals surface area (Å²) in [6.07, 6.45) is 0. The Kier molecular flexibility index (Phi) is 6.88. The molecule has 0 unspecified atom stereocenters. The molecule has 3 heterocycles. The van der Waals surface area contributed by atoms with E-state index >= 15 is 0 Å². The van der Waals surface area contributed by atoms with E-state index in [1.54, 1.807) is 0 Å². The minimum absolute atomic E-state index is 0.132. The lowest BCUT2D eigenvalue weighted by molar-refractivity contribution is 0.525.